The predicted molar refractivity (Wildman–Crippen MR) is 74.7 cm³/mol. The summed E-state index contributed by atoms with van der Waals surface area (Å²) in [6.45, 7) is 11.0. The van der Waals surface area contributed by atoms with Crippen LogP contribution in [0.2, 0.25) is 0 Å². The summed E-state index contributed by atoms with van der Waals surface area (Å²) >= 11 is 0. The van der Waals surface area contributed by atoms with E-state index in [0.29, 0.717) is 0 Å². The molecule has 0 radical (unpaired) electrons. The Balaban J connectivity index is 0.00000154. The number of rotatable bonds is 2. The molecule has 0 amide bonds. The van der Waals surface area contributed by atoms with Gasteiger partial charge in [-0.1, -0.05) is 25.5 Å². The number of carboxylic acids is 1. The van der Waals surface area contributed by atoms with Gasteiger partial charge >= 0.3 is 11.9 Å². The number of benzene rings is 1. The second-order valence-electron chi connectivity index (χ2n) is 4.86. The number of carbonyl (C=O) groups is 2. The molecular formula is C15H22O4. The van der Waals surface area contributed by atoms with Gasteiger partial charge in [0.1, 0.15) is 5.60 Å². The second-order valence-corrected chi connectivity index (χ2v) is 4.86. The van der Waals surface area contributed by atoms with Crippen molar-refractivity contribution in [3.8, 4) is 0 Å². The van der Waals surface area contributed by atoms with E-state index in [1.165, 1.54) is 12.1 Å². The lowest BCUT2D eigenvalue weighted by molar-refractivity contribution is 0.00658. The number of carboxylic acid groups (broad SMARTS) is 1. The molecule has 0 unspecified atom stereocenters. The van der Waals surface area contributed by atoms with E-state index in [1.807, 2.05) is 13.8 Å². The van der Waals surface area contributed by atoms with Crippen molar-refractivity contribution >= 4 is 11.9 Å². The topological polar surface area (TPSA) is 63.6 Å². The summed E-state index contributed by atoms with van der Waals surface area (Å²) < 4.78 is 5.15. The van der Waals surface area contributed by atoms with Gasteiger partial charge in [-0.15, -0.1) is 0 Å². The van der Waals surface area contributed by atoms with E-state index in [0.717, 1.165) is 5.56 Å². The molecule has 0 heterocycles. The first kappa shape index (κ1) is 17.2. The van der Waals surface area contributed by atoms with Gasteiger partial charge in [0.15, 0.2) is 0 Å². The van der Waals surface area contributed by atoms with Crippen molar-refractivity contribution in [2.24, 2.45) is 0 Å². The van der Waals surface area contributed by atoms with Gasteiger partial charge in [0.2, 0.25) is 0 Å². The first-order valence-electron chi connectivity index (χ1n) is 6.28. The maximum Gasteiger partial charge on any atom is 0.339 e. The second kappa shape index (κ2) is 6.92. The number of carbonyl (C=O) groups excluding carboxylic acids is 1. The van der Waals surface area contributed by atoms with Crippen LogP contribution in [0.4, 0.5) is 0 Å². The highest BCUT2D eigenvalue weighted by molar-refractivity contribution is 6.02. The molecule has 0 spiro atoms. The summed E-state index contributed by atoms with van der Waals surface area (Å²) in [6, 6.07) is 4.63. The van der Waals surface area contributed by atoms with Crippen molar-refractivity contribution in [1.82, 2.24) is 0 Å². The maximum absolute atomic E-state index is 11.8. The van der Waals surface area contributed by atoms with E-state index in [9.17, 15) is 9.59 Å². The lowest BCUT2D eigenvalue weighted by Crippen LogP contribution is -2.25. The lowest BCUT2D eigenvalue weighted by Gasteiger charge is -2.20. The van der Waals surface area contributed by atoms with Crippen LogP contribution in [0.1, 0.15) is 60.9 Å². The Labute approximate surface area is 114 Å². The SMILES string of the molecule is CC.Cc1ccc(C(=O)OC(C)(C)C)c(C(=O)O)c1. The molecular weight excluding hydrogens is 244 g/mol. The molecule has 19 heavy (non-hydrogen) atoms. The quantitative estimate of drug-likeness (QED) is 0.829. The molecule has 1 aromatic rings. The van der Waals surface area contributed by atoms with Crippen LogP contribution in [0, 0.1) is 6.92 Å². The van der Waals surface area contributed by atoms with Crippen molar-refractivity contribution in [3.63, 3.8) is 0 Å². The largest absolute Gasteiger partial charge is 0.478 e. The van der Waals surface area contributed by atoms with Crippen LogP contribution in [0.5, 0.6) is 0 Å². The highest BCUT2D eigenvalue weighted by Crippen LogP contribution is 2.17. The third-order valence-electron chi connectivity index (χ3n) is 2.02. The van der Waals surface area contributed by atoms with Gasteiger partial charge < -0.3 is 9.84 Å². The number of aromatic carboxylic acids is 1. The number of aryl methyl sites for hydroxylation is 1. The zero-order valence-electron chi connectivity index (χ0n) is 12.4. The van der Waals surface area contributed by atoms with Crippen LogP contribution >= 0.6 is 0 Å². The number of ether oxygens (including phenoxy) is 1. The fourth-order valence-electron chi connectivity index (χ4n) is 1.35. The summed E-state index contributed by atoms with van der Waals surface area (Å²) in [4.78, 5) is 22.8. The Morgan fingerprint density at radius 3 is 2.05 bits per heavy atom. The van der Waals surface area contributed by atoms with E-state index < -0.39 is 17.5 Å². The molecule has 0 bridgehead atoms. The molecule has 0 fully saturated rings. The van der Waals surface area contributed by atoms with Crippen LogP contribution < -0.4 is 0 Å². The smallest absolute Gasteiger partial charge is 0.339 e. The van der Waals surface area contributed by atoms with Gasteiger partial charge in [-0.2, -0.15) is 0 Å². The molecule has 106 valence electrons. The molecule has 0 aromatic heterocycles. The van der Waals surface area contributed by atoms with E-state index in [-0.39, 0.29) is 11.1 Å². The van der Waals surface area contributed by atoms with E-state index in [4.69, 9.17) is 9.84 Å². The third-order valence-corrected chi connectivity index (χ3v) is 2.02. The number of esters is 1. The number of hydrogen-bond donors (Lipinski definition) is 1. The standard InChI is InChI=1S/C13H16O4.C2H6/c1-8-5-6-9(10(7-8)11(14)15)12(16)17-13(2,3)4;1-2/h5-7H,1-4H3,(H,14,15);1-2H3. The summed E-state index contributed by atoms with van der Waals surface area (Å²) in [7, 11) is 0. The molecule has 0 aliphatic rings. The van der Waals surface area contributed by atoms with Crippen LogP contribution in [0.25, 0.3) is 0 Å². The van der Waals surface area contributed by atoms with Crippen LogP contribution in [-0.2, 0) is 4.74 Å². The van der Waals surface area contributed by atoms with Crippen molar-refractivity contribution in [2.75, 3.05) is 0 Å². The summed E-state index contributed by atoms with van der Waals surface area (Å²) in [6.07, 6.45) is 0. The highest BCUT2D eigenvalue weighted by atomic mass is 16.6. The van der Waals surface area contributed by atoms with Crippen LogP contribution in [0.3, 0.4) is 0 Å². The first-order valence-corrected chi connectivity index (χ1v) is 6.28. The van der Waals surface area contributed by atoms with E-state index >= 15 is 0 Å². The normalized spacial score (nSPS) is 10.2. The molecule has 0 atom stereocenters. The van der Waals surface area contributed by atoms with Crippen LogP contribution in [-0.4, -0.2) is 22.6 Å². The first-order chi connectivity index (χ1) is 8.70. The van der Waals surface area contributed by atoms with Gasteiger partial charge in [0.25, 0.3) is 0 Å². The van der Waals surface area contributed by atoms with Gasteiger partial charge in [-0.3, -0.25) is 0 Å². The Hall–Kier alpha value is -1.84. The van der Waals surface area contributed by atoms with E-state index in [2.05, 4.69) is 0 Å². The monoisotopic (exact) mass is 266 g/mol. The molecule has 1 rings (SSSR count). The van der Waals surface area contributed by atoms with Gasteiger partial charge in [-0.25, -0.2) is 9.59 Å². The summed E-state index contributed by atoms with van der Waals surface area (Å²) in [5.74, 6) is -1.75. The molecule has 0 saturated heterocycles. The Morgan fingerprint density at radius 1 is 1.11 bits per heavy atom. The lowest BCUT2D eigenvalue weighted by atomic mass is 10.0. The fraction of sp³-hybridized carbons (Fsp3) is 0.467. The zero-order valence-corrected chi connectivity index (χ0v) is 12.4. The fourth-order valence-corrected chi connectivity index (χ4v) is 1.35. The van der Waals surface area contributed by atoms with Crippen molar-refractivity contribution in [2.45, 2.75) is 47.1 Å². The molecule has 1 N–H and O–H groups in total. The molecule has 0 aliphatic carbocycles. The highest BCUT2D eigenvalue weighted by Gasteiger charge is 2.22. The predicted octanol–water partition coefficient (Wildman–Crippen LogP) is 3.67. The van der Waals surface area contributed by atoms with Gasteiger partial charge in [0.05, 0.1) is 11.1 Å². The van der Waals surface area contributed by atoms with Crippen molar-refractivity contribution < 1.29 is 19.4 Å². The third kappa shape index (κ3) is 5.55. The Bertz CT molecular complexity index is 456. The minimum atomic E-state index is -1.13. The minimum absolute atomic E-state index is 0.0285. The summed E-state index contributed by atoms with van der Waals surface area (Å²) in [5, 5.41) is 9.03. The maximum atomic E-state index is 11.8. The van der Waals surface area contributed by atoms with Crippen molar-refractivity contribution in [3.05, 3.63) is 34.9 Å². The minimum Gasteiger partial charge on any atom is -0.478 e. The summed E-state index contributed by atoms with van der Waals surface area (Å²) in [5.41, 5.74) is 0.199. The molecule has 1 aromatic carbocycles. The average molecular weight is 266 g/mol. The Kier molecular flexibility index (Phi) is 6.25. The Morgan fingerprint density at radius 2 is 1.63 bits per heavy atom. The average Bonchev–Trinajstić information content (AvgIpc) is 2.29. The van der Waals surface area contributed by atoms with Crippen molar-refractivity contribution in [1.29, 1.82) is 0 Å². The zero-order chi connectivity index (χ0) is 15.2. The number of hydrogen-bond acceptors (Lipinski definition) is 3. The molecule has 4 nitrogen and oxygen atoms in total. The van der Waals surface area contributed by atoms with Crippen LogP contribution in [0.15, 0.2) is 18.2 Å². The molecule has 0 aliphatic heterocycles. The molecule has 0 saturated carbocycles. The molecule has 4 heteroatoms. The van der Waals surface area contributed by atoms with Gasteiger partial charge in [-0.05, 0) is 39.8 Å². The van der Waals surface area contributed by atoms with Gasteiger partial charge in [0, 0.05) is 0 Å². The van der Waals surface area contributed by atoms with E-state index in [1.54, 1.807) is 33.8 Å².